The Morgan fingerprint density at radius 3 is 2.77 bits per heavy atom. The van der Waals surface area contributed by atoms with E-state index < -0.39 is 0 Å². The molecule has 0 aliphatic carbocycles. The Morgan fingerprint density at radius 1 is 1.31 bits per heavy atom. The van der Waals surface area contributed by atoms with Gasteiger partial charge in [0, 0.05) is 24.7 Å². The number of nitrogens with one attached hydrogen (secondary N) is 1. The molecule has 1 aromatic rings. The van der Waals surface area contributed by atoms with Crippen LogP contribution in [0.4, 0.5) is 5.69 Å². The lowest BCUT2D eigenvalue weighted by Gasteiger charge is -2.14. The Kier molecular flexibility index (Phi) is 8.18. The summed E-state index contributed by atoms with van der Waals surface area (Å²) in [6, 6.07) is 5.33. The molecule has 1 aromatic carbocycles. The Morgan fingerprint density at radius 2 is 2.12 bits per heavy atom. The summed E-state index contributed by atoms with van der Waals surface area (Å²) in [6.07, 6.45) is 2.91. The molecule has 0 aromatic heterocycles. The number of carbonyl (C=O) groups is 2. The van der Waals surface area contributed by atoms with E-state index in [-0.39, 0.29) is 11.8 Å². The van der Waals surface area contributed by atoms with E-state index in [0.29, 0.717) is 46.8 Å². The fourth-order valence-corrected chi connectivity index (χ4v) is 3.69. The zero-order valence-corrected chi connectivity index (χ0v) is 16.7. The van der Waals surface area contributed by atoms with Gasteiger partial charge in [0.2, 0.25) is 11.8 Å². The number of methoxy groups -OCH3 is 1. The zero-order chi connectivity index (χ0) is 18.9. The van der Waals surface area contributed by atoms with Crippen molar-refractivity contribution in [2.24, 2.45) is 0 Å². The highest BCUT2D eigenvalue weighted by Crippen LogP contribution is 2.30. The molecule has 0 radical (unpaired) electrons. The van der Waals surface area contributed by atoms with Crippen molar-refractivity contribution in [3.8, 4) is 11.5 Å². The molecule has 2 amide bonds. The lowest BCUT2D eigenvalue weighted by Crippen LogP contribution is -2.29. The Labute approximate surface area is 163 Å². The van der Waals surface area contributed by atoms with Crippen LogP contribution in [0.1, 0.15) is 32.6 Å². The van der Waals surface area contributed by atoms with Crippen molar-refractivity contribution < 1.29 is 19.1 Å². The predicted octanol–water partition coefficient (Wildman–Crippen LogP) is 3.45. The minimum Gasteiger partial charge on any atom is -0.493 e. The third kappa shape index (κ3) is 5.88. The largest absolute Gasteiger partial charge is 0.493 e. The van der Waals surface area contributed by atoms with Crippen LogP contribution in [0.5, 0.6) is 11.5 Å². The number of hydrogen-bond acceptors (Lipinski definition) is 6. The van der Waals surface area contributed by atoms with E-state index in [9.17, 15) is 9.59 Å². The smallest absolute Gasteiger partial charge is 0.238 e. The molecular formula is C18H24N2O4S2. The molecule has 0 bridgehead atoms. The van der Waals surface area contributed by atoms with Gasteiger partial charge >= 0.3 is 0 Å². The second-order valence-electron chi connectivity index (χ2n) is 5.76. The Balaban J connectivity index is 1.70. The molecule has 1 saturated heterocycles. The molecule has 26 heavy (non-hydrogen) atoms. The Hall–Kier alpha value is -1.80. The quantitative estimate of drug-likeness (QED) is 0.483. The van der Waals surface area contributed by atoms with Crippen LogP contribution in [-0.2, 0) is 9.59 Å². The molecule has 2 rings (SSSR count). The average molecular weight is 397 g/mol. The van der Waals surface area contributed by atoms with Crippen LogP contribution in [-0.4, -0.2) is 47.0 Å². The van der Waals surface area contributed by atoms with Gasteiger partial charge in [-0.3, -0.25) is 14.5 Å². The SMILES string of the molecule is CCOc1ccc(NC(=O)CCCCCN2C(=O)CSC2=S)cc1OC. The monoisotopic (exact) mass is 396 g/mol. The zero-order valence-electron chi connectivity index (χ0n) is 15.1. The number of rotatable bonds is 10. The van der Waals surface area contributed by atoms with E-state index in [0.717, 1.165) is 19.3 Å². The molecular weight excluding hydrogens is 372 g/mol. The molecule has 142 valence electrons. The first-order valence-electron chi connectivity index (χ1n) is 8.63. The molecule has 0 saturated carbocycles. The third-order valence-electron chi connectivity index (χ3n) is 3.87. The van der Waals surface area contributed by atoms with Crippen molar-refractivity contribution in [1.82, 2.24) is 4.90 Å². The average Bonchev–Trinajstić information content (AvgIpc) is 2.94. The van der Waals surface area contributed by atoms with E-state index >= 15 is 0 Å². The van der Waals surface area contributed by atoms with Gasteiger partial charge in [-0.15, -0.1) is 0 Å². The second kappa shape index (κ2) is 10.4. The summed E-state index contributed by atoms with van der Waals surface area (Å²) in [4.78, 5) is 25.3. The summed E-state index contributed by atoms with van der Waals surface area (Å²) in [6.45, 7) is 3.10. The molecule has 1 fully saturated rings. The fourth-order valence-electron chi connectivity index (χ4n) is 2.57. The van der Waals surface area contributed by atoms with E-state index in [2.05, 4.69) is 5.32 Å². The fraction of sp³-hybridized carbons (Fsp3) is 0.500. The first-order valence-corrected chi connectivity index (χ1v) is 10.0. The van der Waals surface area contributed by atoms with Gasteiger partial charge in [-0.05, 0) is 31.9 Å². The summed E-state index contributed by atoms with van der Waals surface area (Å²) in [5.41, 5.74) is 0.681. The number of anilines is 1. The minimum absolute atomic E-state index is 0.0421. The van der Waals surface area contributed by atoms with Gasteiger partial charge in [0.1, 0.15) is 4.32 Å². The molecule has 0 atom stereocenters. The number of nitrogens with zero attached hydrogens (tertiary/aromatic N) is 1. The molecule has 1 N–H and O–H groups in total. The third-order valence-corrected chi connectivity index (χ3v) is 5.31. The molecule has 1 heterocycles. The first-order chi connectivity index (χ1) is 12.5. The normalized spacial score (nSPS) is 13.8. The van der Waals surface area contributed by atoms with E-state index in [1.165, 1.54) is 11.8 Å². The maximum atomic E-state index is 12.1. The van der Waals surface area contributed by atoms with Crippen LogP contribution in [0.2, 0.25) is 0 Å². The molecule has 1 aliphatic heterocycles. The second-order valence-corrected chi connectivity index (χ2v) is 7.37. The van der Waals surface area contributed by atoms with Crippen LogP contribution in [0.15, 0.2) is 18.2 Å². The van der Waals surface area contributed by atoms with Gasteiger partial charge in [-0.1, -0.05) is 30.4 Å². The predicted molar refractivity (Wildman–Crippen MR) is 108 cm³/mol. The molecule has 6 nitrogen and oxygen atoms in total. The topological polar surface area (TPSA) is 67.9 Å². The van der Waals surface area contributed by atoms with Crippen molar-refractivity contribution in [2.45, 2.75) is 32.6 Å². The summed E-state index contributed by atoms with van der Waals surface area (Å²) in [7, 11) is 1.57. The van der Waals surface area contributed by atoms with Crippen LogP contribution >= 0.6 is 24.0 Å². The van der Waals surface area contributed by atoms with E-state index in [4.69, 9.17) is 21.7 Å². The summed E-state index contributed by atoms with van der Waals surface area (Å²) >= 11 is 6.56. The number of thioether (sulfide) groups is 1. The van der Waals surface area contributed by atoms with Crippen molar-refractivity contribution >= 4 is 45.8 Å². The summed E-state index contributed by atoms with van der Waals surface area (Å²) in [5.74, 6) is 1.74. The van der Waals surface area contributed by atoms with Gasteiger partial charge in [-0.25, -0.2) is 0 Å². The number of unbranched alkanes of at least 4 members (excludes halogenated alkanes) is 2. The number of thiocarbonyl (C=S) groups is 1. The minimum atomic E-state index is -0.0421. The van der Waals surface area contributed by atoms with Crippen LogP contribution < -0.4 is 14.8 Å². The number of amides is 2. The van der Waals surface area contributed by atoms with E-state index in [1.807, 2.05) is 6.92 Å². The molecule has 8 heteroatoms. The molecule has 1 aliphatic rings. The summed E-state index contributed by atoms with van der Waals surface area (Å²) in [5, 5.41) is 2.87. The lowest BCUT2D eigenvalue weighted by atomic mass is 10.1. The van der Waals surface area contributed by atoms with Gasteiger partial charge in [0.05, 0.1) is 19.5 Å². The molecule has 0 unspecified atom stereocenters. The van der Waals surface area contributed by atoms with Crippen LogP contribution in [0.25, 0.3) is 0 Å². The highest BCUT2D eigenvalue weighted by atomic mass is 32.2. The van der Waals surface area contributed by atoms with Crippen molar-refractivity contribution in [1.29, 1.82) is 0 Å². The first kappa shape index (κ1) is 20.5. The van der Waals surface area contributed by atoms with E-state index in [1.54, 1.807) is 30.2 Å². The van der Waals surface area contributed by atoms with Crippen LogP contribution in [0, 0.1) is 0 Å². The van der Waals surface area contributed by atoms with Crippen molar-refractivity contribution in [2.75, 3.05) is 31.3 Å². The lowest BCUT2D eigenvalue weighted by molar-refractivity contribution is -0.124. The number of ether oxygens (including phenoxy) is 2. The highest BCUT2D eigenvalue weighted by Gasteiger charge is 2.25. The van der Waals surface area contributed by atoms with Crippen LogP contribution in [0.3, 0.4) is 0 Å². The maximum Gasteiger partial charge on any atom is 0.238 e. The van der Waals surface area contributed by atoms with Crippen molar-refractivity contribution in [3.05, 3.63) is 18.2 Å². The summed E-state index contributed by atoms with van der Waals surface area (Å²) < 4.78 is 11.4. The van der Waals surface area contributed by atoms with Gasteiger partial charge in [0.15, 0.2) is 11.5 Å². The Bertz CT molecular complexity index is 651. The van der Waals surface area contributed by atoms with Gasteiger partial charge in [-0.2, -0.15) is 0 Å². The number of benzene rings is 1. The standard InChI is InChI=1S/C18H24N2O4S2/c1-3-24-14-9-8-13(11-15(14)23-2)19-16(21)7-5-4-6-10-20-17(22)12-26-18(20)25/h8-9,11H,3-7,10,12H2,1-2H3,(H,19,21). The number of carbonyl (C=O) groups excluding carboxylic acids is 2. The number of hydrogen-bond donors (Lipinski definition) is 1. The molecule has 0 spiro atoms. The van der Waals surface area contributed by atoms with Crippen molar-refractivity contribution in [3.63, 3.8) is 0 Å². The van der Waals surface area contributed by atoms with Gasteiger partial charge < -0.3 is 14.8 Å². The van der Waals surface area contributed by atoms with Gasteiger partial charge in [0.25, 0.3) is 0 Å². The highest BCUT2D eigenvalue weighted by molar-refractivity contribution is 8.23. The maximum absolute atomic E-state index is 12.1.